The summed E-state index contributed by atoms with van der Waals surface area (Å²) >= 11 is 0. The van der Waals surface area contributed by atoms with Crippen LogP contribution in [0, 0.1) is 62.1 Å². The van der Waals surface area contributed by atoms with Gasteiger partial charge in [0, 0.05) is 17.0 Å². The van der Waals surface area contributed by atoms with E-state index in [0.717, 1.165) is 41.0 Å². The van der Waals surface area contributed by atoms with Gasteiger partial charge in [-0.2, -0.15) is 0 Å². The summed E-state index contributed by atoms with van der Waals surface area (Å²) in [4.78, 5) is 0. The zero-order valence-corrected chi connectivity index (χ0v) is 16.7. The molecule has 1 fully saturated rings. The topological polar surface area (TPSA) is 0 Å². The Hall–Kier alpha value is -2.51. The van der Waals surface area contributed by atoms with Crippen LogP contribution in [0.5, 0.6) is 0 Å². The lowest BCUT2D eigenvalue weighted by atomic mass is 9.83. The van der Waals surface area contributed by atoms with Crippen molar-refractivity contribution in [3.63, 3.8) is 0 Å². The highest BCUT2D eigenvalue weighted by atomic mass is 19.1. The molecule has 1 aliphatic rings. The van der Waals surface area contributed by atoms with Crippen LogP contribution < -0.4 is 0 Å². The summed E-state index contributed by atoms with van der Waals surface area (Å²) in [5.74, 6) is 13.6. The fraction of sp³-hybridized carbons (Fsp3) is 0.385. The zero-order valence-electron chi connectivity index (χ0n) is 16.7. The molecule has 0 atom stereocenters. The lowest BCUT2D eigenvalue weighted by Gasteiger charge is -2.21. The Morgan fingerprint density at radius 2 is 1.52 bits per heavy atom. The van der Waals surface area contributed by atoms with E-state index in [4.69, 9.17) is 0 Å². The zero-order chi connectivity index (χ0) is 19.4. The molecule has 1 aliphatic carbocycles. The Balaban J connectivity index is 1.77. The van der Waals surface area contributed by atoms with Gasteiger partial charge in [0.1, 0.15) is 5.82 Å². The van der Waals surface area contributed by atoms with Gasteiger partial charge in [0.2, 0.25) is 0 Å². The Bertz CT molecular complexity index is 928. The molecule has 27 heavy (non-hydrogen) atoms. The van der Waals surface area contributed by atoms with Crippen molar-refractivity contribution in [3.8, 4) is 23.7 Å². The van der Waals surface area contributed by atoms with Crippen LogP contribution in [0.4, 0.5) is 4.39 Å². The van der Waals surface area contributed by atoms with Crippen molar-refractivity contribution in [2.24, 2.45) is 11.8 Å². The molecule has 0 amide bonds. The highest BCUT2D eigenvalue weighted by molar-refractivity contribution is 5.52. The maximum absolute atomic E-state index is 14.5. The van der Waals surface area contributed by atoms with Crippen molar-refractivity contribution >= 4 is 0 Å². The molecule has 0 unspecified atom stereocenters. The van der Waals surface area contributed by atoms with Gasteiger partial charge in [-0.15, -0.1) is 0 Å². The van der Waals surface area contributed by atoms with Crippen molar-refractivity contribution < 1.29 is 4.39 Å². The van der Waals surface area contributed by atoms with E-state index in [1.165, 1.54) is 24.5 Å². The molecule has 0 saturated heterocycles. The third-order valence-electron chi connectivity index (χ3n) is 5.40. The van der Waals surface area contributed by atoms with Gasteiger partial charge in [0.25, 0.3) is 0 Å². The van der Waals surface area contributed by atoms with Gasteiger partial charge >= 0.3 is 0 Å². The highest BCUT2D eigenvalue weighted by Crippen LogP contribution is 2.27. The number of halogens is 1. The SMILES string of the molecule is Cc1cc(C)c(C#Cc2ccc(C#CC3CCC(C)CC3)cc2F)c(C)c1. The summed E-state index contributed by atoms with van der Waals surface area (Å²) in [6, 6.07) is 9.35. The van der Waals surface area contributed by atoms with E-state index in [-0.39, 0.29) is 5.82 Å². The van der Waals surface area contributed by atoms with E-state index in [0.29, 0.717) is 11.5 Å². The monoisotopic (exact) mass is 358 g/mol. The van der Waals surface area contributed by atoms with Crippen LogP contribution in [0.25, 0.3) is 0 Å². The molecule has 0 heterocycles. The van der Waals surface area contributed by atoms with Gasteiger partial charge in [0.15, 0.2) is 0 Å². The summed E-state index contributed by atoms with van der Waals surface area (Å²) in [6.45, 7) is 8.47. The summed E-state index contributed by atoms with van der Waals surface area (Å²) in [5, 5.41) is 0. The third kappa shape index (κ3) is 5.02. The van der Waals surface area contributed by atoms with Gasteiger partial charge in [0.05, 0.1) is 5.56 Å². The second kappa shape index (κ2) is 8.45. The van der Waals surface area contributed by atoms with E-state index in [1.807, 2.05) is 19.9 Å². The molecule has 1 saturated carbocycles. The van der Waals surface area contributed by atoms with Gasteiger partial charge in [-0.25, -0.2) is 4.39 Å². The first-order chi connectivity index (χ1) is 12.9. The lowest BCUT2D eigenvalue weighted by Crippen LogP contribution is -2.10. The minimum absolute atomic E-state index is 0.297. The van der Waals surface area contributed by atoms with Crippen LogP contribution in [0.1, 0.15) is 66.0 Å². The minimum atomic E-state index is -0.297. The quantitative estimate of drug-likeness (QED) is 0.483. The predicted molar refractivity (Wildman–Crippen MR) is 111 cm³/mol. The molecule has 2 aromatic rings. The van der Waals surface area contributed by atoms with Crippen molar-refractivity contribution in [2.45, 2.75) is 53.4 Å². The van der Waals surface area contributed by atoms with Crippen molar-refractivity contribution in [2.75, 3.05) is 0 Å². The standard InChI is InChI=1S/C26H27F/c1-18-5-7-22(8-6-18)9-10-23-11-12-24(26(27)17-23)13-14-25-20(3)15-19(2)16-21(25)4/h11-12,15-18,22H,5-8H2,1-4H3. The molecule has 138 valence electrons. The van der Waals surface area contributed by atoms with Gasteiger partial charge in [-0.3, -0.25) is 0 Å². The molecule has 0 nitrogen and oxygen atoms in total. The predicted octanol–water partition coefficient (Wildman–Crippen LogP) is 6.33. The van der Waals surface area contributed by atoms with E-state index in [9.17, 15) is 4.39 Å². The van der Waals surface area contributed by atoms with Crippen molar-refractivity contribution in [1.82, 2.24) is 0 Å². The molecule has 3 rings (SSSR count). The first kappa shape index (κ1) is 19.3. The molecular weight excluding hydrogens is 331 g/mol. The number of hydrogen-bond donors (Lipinski definition) is 0. The normalized spacial score (nSPS) is 18.9. The van der Waals surface area contributed by atoms with Crippen molar-refractivity contribution in [1.29, 1.82) is 0 Å². The van der Waals surface area contributed by atoms with Crippen LogP contribution in [0.15, 0.2) is 30.3 Å². The van der Waals surface area contributed by atoms with Crippen LogP contribution in [-0.4, -0.2) is 0 Å². The summed E-state index contributed by atoms with van der Waals surface area (Å²) < 4.78 is 14.5. The van der Waals surface area contributed by atoms with E-state index in [2.05, 4.69) is 49.7 Å². The Morgan fingerprint density at radius 1 is 0.852 bits per heavy atom. The maximum Gasteiger partial charge on any atom is 0.140 e. The fourth-order valence-corrected chi connectivity index (χ4v) is 3.79. The molecule has 1 heteroatoms. The molecule has 0 spiro atoms. The van der Waals surface area contributed by atoms with Crippen LogP contribution in [-0.2, 0) is 0 Å². The van der Waals surface area contributed by atoms with Crippen molar-refractivity contribution in [3.05, 3.63) is 69.5 Å². The second-order valence-corrected chi connectivity index (χ2v) is 7.94. The Morgan fingerprint density at radius 3 is 2.15 bits per heavy atom. The van der Waals surface area contributed by atoms with E-state index >= 15 is 0 Å². The summed E-state index contributed by atoms with van der Waals surface area (Å²) in [7, 11) is 0. The summed E-state index contributed by atoms with van der Waals surface area (Å²) in [5.41, 5.74) is 5.62. The lowest BCUT2D eigenvalue weighted by molar-refractivity contribution is 0.337. The Kier molecular flexibility index (Phi) is 6.03. The fourth-order valence-electron chi connectivity index (χ4n) is 3.79. The maximum atomic E-state index is 14.5. The molecule has 0 aliphatic heterocycles. The first-order valence-corrected chi connectivity index (χ1v) is 9.83. The largest absolute Gasteiger partial charge is 0.206 e. The average molecular weight is 359 g/mol. The van der Waals surface area contributed by atoms with E-state index < -0.39 is 0 Å². The Labute approximate surface area is 163 Å². The molecule has 0 aromatic heterocycles. The number of hydrogen-bond acceptors (Lipinski definition) is 0. The minimum Gasteiger partial charge on any atom is -0.206 e. The van der Waals surface area contributed by atoms with E-state index in [1.54, 1.807) is 6.07 Å². The third-order valence-corrected chi connectivity index (χ3v) is 5.40. The van der Waals surface area contributed by atoms with Gasteiger partial charge in [-0.05, 0) is 81.7 Å². The summed E-state index contributed by atoms with van der Waals surface area (Å²) in [6.07, 6.45) is 4.82. The van der Waals surface area contributed by atoms with Crippen LogP contribution >= 0.6 is 0 Å². The highest BCUT2D eigenvalue weighted by Gasteiger charge is 2.15. The number of rotatable bonds is 0. The smallest absolute Gasteiger partial charge is 0.140 e. The first-order valence-electron chi connectivity index (χ1n) is 9.83. The number of benzene rings is 2. The molecule has 0 N–H and O–H groups in total. The molecule has 0 bridgehead atoms. The molecule has 0 radical (unpaired) electrons. The molecule has 2 aromatic carbocycles. The van der Waals surface area contributed by atoms with Crippen LogP contribution in [0.2, 0.25) is 0 Å². The van der Waals surface area contributed by atoms with Crippen LogP contribution in [0.3, 0.4) is 0 Å². The van der Waals surface area contributed by atoms with Gasteiger partial charge in [-0.1, -0.05) is 48.3 Å². The number of aryl methyl sites for hydroxylation is 3. The second-order valence-electron chi connectivity index (χ2n) is 7.94. The average Bonchev–Trinajstić information content (AvgIpc) is 2.61. The van der Waals surface area contributed by atoms with Gasteiger partial charge < -0.3 is 0 Å². The molecular formula is C26H27F.